The Morgan fingerprint density at radius 1 is 1.20 bits per heavy atom. The fourth-order valence-electron chi connectivity index (χ4n) is 2.53. The quantitative estimate of drug-likeness (QED) is 0.538. The second kappa shape index (κ2) is 7.77. The van der Waals surface area contributed by atoms with E-state index in [1.54, 1.807) is 0 Å². The third-order valence-corrected chi connectivity index (χ3v) is 3.40. The topological polar surface area (TPSA) is 12.0 Å². The van der Waals surface area contributed by atoms with Crippen LogP contribution >= 0.6 is 0 Å². The average molecular weight is 207 g/mol. The van der Waals surface area contributed by atoms with E-state index in [1.165, 1.54) is 38.5 Å². The first kappa shape index (κ1) is 12.6. The summed E-state index contributed by atoms with van der Waals surface area (Å²) in [6.45, 7) is 5.29. The molecule has 15 heavy (non-hydrogen) atoms. The van der Waals surface area contributed by atoms with Gasteiger partial charge in [-0.1, -0.05) is 19.8 Å². The van der Waals surface area contributed by atoms with Crippen LogP contribution in [0.3, 0.4) is 0 Å². The predicted molar refractivity (Wildman–Crippen MR) is 66.7 cm³/mol. The van der Waals surface area contributed by atoms with Crippen LogP contribution in [0.5, 0.6) is 0 Å². The molecule has 0 amide bonds. The van der Waals surface area contributed by atoms with Gasteiger partial charge in [-0.2, -0.15) is 0 Å². The Balaban J connectivity index is 2.05. The van der Waals surface area contributed by atoms with Crippen molar-refractivity contribution in [3.63, 3.8) is 0 Å². The summed E-state index contributed by atoms with van der Waals surface area (Å²) in [6, 6.07) is 0.775. The minimum atomic E-state index is 0.775. The summed E-state index contributed by atoms with van der Waals surface area (Å²) in [6.07, 6.45) is 9.43. The molecule has 0 aromatic rings. The summed E-state index contributed by atoms with van der Waals surface area (Å²) in [5, 5.41) is 3.62. The van der Waals surface area contributed by atoms with E-state index in [4.69, 9.17) is 0 Å². The summed E-state index contributed by atoms with van der Waals surface area (Å²) >= 11 is 0. The zero-order chi connectivity index (χ0) is 10.9. The first-order chi connectivity index (χ1) is 7.36. The van der Waals surface area contributed by atoms with Gasteiger partial charge in [0, 0.05) is 19.0 Å². The maximum atomic E-state index is 3.62. The molecule has 86 valence electrons. The molecule has 1 aliphatic rings. The third-order valence-electron chi connectivity index (χ3n) is 3.40. The van der Waals surface area contributed by atoms with Crippen LogP contribution in [-0.2, 0) is 0 Å². The maximum absolute atomic E-state index is 3.62. The Kier molecular flexibility index (Phi) is 6.52. The summed E-state index contributed by atoms with van der Waals surface area (Å²) < 4.78 is 0. The van der Waals surface area contributed by atoms with Gasteiger partial charge in [0.1, 0.15) is 0 Å². The highest BCUT2D eigenvalue weighted by atomic mass is 14.9. The maximum Gasteiger partial charge on any atom is 0.0214 e. The Hall–Kier alpha value is -0.480. The predicted octanol–water partition coefficient (Wildman–Crippen LogP) is 3.35. The van der Waals surface area contributed by atoms with E-state index in [0.717, 1.165) is 24.9 Å². The molecule has 0 spiro atoms. The van der Waals surface area contributed by atoms with Crippen LogP contribution in [0.1, 0.15) is 58.8 Å². The van der Waals surface area contributed by atoms with Gasteiger partial charge in [-0.15, -0.1) is 11.8 Å². The molecule has 0 unspecified atom stereocenters. The fourth-order valence-corrected chi connectivity index (χ4v) is 2.53. The van der Waals surface area contributed by atoms with Gasteiger partial charge < -0.3 is 5.32 Å². The van der Waals surface area contributed by atoms with Crippen LogP contribution in [0.4, 0.5) is 0 Å². The van der Waals surface area contributed by atoms with Crippen LogP contribution in [-0.4, -0.2) is 12.6 Å². The van der Waals surface area contributed by atoms with E-state index in [9.17, 15) is 0 Å². The Morgan fingerprint density at radius 2 is 1.93 bits per heavy atom. The van der Waals surface area contributed by atoms with Crippen molar-refractivity contribution in [1.29, 1.82) is 0 Å². The number of hydrogen-bond acceptors (Lipinski definition) is 1. The summed E-state index contributed by atoms with van der Waals surface area (Å²) in [5.41, 5.74) is 0. The summed E-state index contributed by atoms with van der Waals surface area (Å²) in [4.78, 5) is 0. The monoisotopic (exact) mass is 207 g/mol. The molecule has 0 radical (unpaired) electrons. The molecule has 1 fully saturated rings. The molecule has 1 rings (SSSR count). The SMILES string of the molecule is CC#CCCNC1CCC(CCC)CC1. The normalized spacial score (nSPS) is 25.7. The second-order valence-corrected chi connectivity index (χ2v) is 4.64. The van der Waals surface area contributed by atoms with Gasteiger partial charge in [-0.25, -0.2) is 0 Å². The van der Waals surface area contributed by atoms with E-state index < -0.39 is 0 Å². The highest BCUT2D eigenvalue weighted by Crippen LogP contribution is 2.27. The zero-order valence-corrected chi connectivity index (χ0v) is 10.3. The van der Waals surface area contributed by atoms with Gasteiger partial charge in [0.15, 0.2) is 0 Å². The molecule has 1 nitrogen and oxygen atoms in total. The first-order valence-corrected chi connectivity index (χ1v) is 6.49. The third kappa shape index (κ3) is 5.23. The van der Waals surface area contributed by atoms with Crippen LogP contribution in [0.15, 0.2) is 0 Å². The molecule has 1 N–H and O–H groups in total. The summed E-state index contributed by atoms with van der Waals surface area (Å²) in [5.74, 6) is 7.06. The van der Waals surface area contributed by atoms with E-state index in [2.05, 4.69) is 24.1 Å². The molecule has 0 aromatic heterocycles. The number of rotatable bonds is 5. The van der Waals surface area contributed by atoms with E-state index >= 15 is 0 Å². The molecule has 0 bridgehead atoms. The van der Waals surface area contributed by atoms with Gasteiger partial charge in [0.25, 0.3) is 0 Å². The zero-order valence-electron chi connectivity index (χ0n) is 10.3. The van der Waals surface area contributed by atoms with Gasteiger partial charge >= 0.3 is 0 Å². The molecule has 1 aliphatic carbocycles. The molecule has 1 heteroatoms. The van der Waals surface area contributed by atoms with Crippen LogP contribution in [0.25, 0.3) is 0 Å². The number of nitrogens with one attached hydrogen (secondary N) is 1. The fraction of sp³-hybridized carbons (Fsp3) is 0.857. The Bertz CT molecular complexity index is 203. The smallest absolute Gasteiger partial charge is 0.0214 e. The largest absolute Gasteiger partial charge is 0.313 e. The van der Waals surface area contributed by atoms with Crippen molar-refractivity contribution in [2.24, 2.45) is 5.92 Å². The van der Waals surface area contributed by atoms with Crippen molar-refractivity contribution in [2.45, 2.75) is 64.8 Å². The van der Waals surface area contributed by atoms with Gasteiger partial charge in [-0.3, -0.25) is 0 Å². The minimum absolute atomic E-state index is 0.775. The van der Waals surface area contributed by atoms with Gasteiger partial charge in [0.05, 0.1) is 0 Å². The van der Waals surface area contributed by atoms with Crippen molar-refractivity contribution in [1.82, 2.24) is 5.32 Å². The highest BCUT2D eigenvalue weighted by Gasteiger charge is 2.19. The van der Waals surface area contributed by atoms with Crippen LogP contribution in [0.2, 0.25) is 0 Å². The number of hydrogen-bond donors (Lipinski definition) is 1. The molecular formula is C14H25N. The van der Waals surface area contributed by atoms with Crippen LogP contribution in [0, 0.1) is 17.8 Å². The van der Waals surface area contributed by atoms with Gasteiger partial charge in [0.2, 0.25) is 0 Å². The van der Waals surface area contributed by atoms with Crippen molar-refractivity contribution in [2.75, 3.05) is 6.54 Å². The molecule has 1 saturated carbocycles. The van der Waals surface area contributed by atoms with E-state index in [1.807, 2.05) is 6.92 Å². The lowest BCUT2D eigenvalue weighted by Crippen LogP contribution is -2.33. The van der Waals surface area contributed by atoms with Crippen molar-refractivity contribution in [3.8, 4) is 11.8 Å². The van der Waals surface area contributed by atoms with Crippen molar-refractivity contribution in [3.05, 3.63) is 0 Å². The average Bonchev–Trinajstić information content (AvgIpc) is 2.27. The van der Waals surface area contributed by atoms with Crippen molar-refractivity contribution >= 4 is 0 Å². The Labute approximate surface area is 95.0 Å². The molecule has 0 atom stereocenters. The summed E-state index contributed by atoms with van der Waals surface area (Å²) in [7, 11) is 0. The lowest BCUT2D eigenvalue weighted by molar-refractivity contribution is 0.280. The standard InChI is InChI=1S/C14H25N/c1-3-5-6-12-15-14-10-8-13(7-4-2)9-11-14/h13-15H,4,6-12H2,1-2H3. The van der Waals surface area contributed by atoms with E-state index in [-0.39, 0.29) is 0 Å². The first-order valence-electron chi connectivity index (χ1n) is 6.49. The lowest BCUT2D eigenvalue weighted by Gasteiger charge is -2.28. The molecule has 0 heterocycles. The molecule has 0 aliphatic heterocycles. The van der Waals surface area contributed by atoms with Gasteiger partial charge in [-0.05, 0) is 38.5 Å². The molecule has 0 saturated heterocycles. The Morgan fingerprint density at radius 3 is 2.53 bits per heavy atom. The highest BCUT2D eigenvalue weighted by molar-refractivity contribution is 4.95. The second-order valence-electron chi connectivity index (χ2n) is 4.64. The van der Waals surface area contributed by atoms with Crippen molar-refractivity contribution < 1.29 is 0 Å². The lowest BCUT2D eigenvalue weighted by atomic mass is 9.83. The molecule has 0 aromatic carbocycles. The van der Waals surface area contributed by atoms with Crippen LogP contribution < -0.4 is 5.32 Å². The molecular weight excluding hydrogens is 182 g/mol. The van der Waals surface area contributed by atoms with E-state index in [0.29, 0.717) is 0 Å². The minimum Gasteiger partial charge on any atom is -0.313 e.